The highest BCUT2D eigenvalue weighted by Gasteiger charge is 2.17. The van der Waals surface area contributed by atoms with Gasteiger partial charge < -0.3 is 5.32 Å². The fraction of sp³-hybridized carbons (Fsp3) is 0.118. The van der Waals surface area contributed by atoms with Crippen LogP contribution in [-0.4, -0.2) is 21.4 Å². The van der Waals surface area contributed by atoms with Gasteiger partial charge >= 0.3 is 0 Å². The largest absolute Gasteiger partial charge is 0.322 e. The summed E-state index contributed by atoms with van der Waals surface area (Å²) in [6.45, 7) is 1.71. The molecule has 0 atom stereocenters. The Balaban J connectivity index is 1.94. The Kier molecular flexibility index (Phi) is 4.40. The van der Waals surface area contributed by atoms with Crippen LogP contribution in [0.4, 0.5) is 5.69 Å². The van der Waals surface area contributed by atoms with Crippen LogP contribution in [0, 0.1) is 6.92 Å². The van der Waals surface area contributed by atoms with Crippen molar-refractivity contribution >= 4 is 43.0 Å². The summed E-state index contributed by atoms with van der Waals surface area (Å²) in [6.07, 6.45) is 0. The van der Waals surface area contributed by atoms with Crippen LogP contribution in [0.5, 0.6) is 0 Å². The van der Waals surface area contributed by atoms with Crippen molar-refractivity contribution in [2.24, 2.45) is 0 Å². The van der Waals surface area contributed by atoms with Crippen molar-refractivity contribution in [3.63, 3.8) is 0 Å². The number of carbonyl (C=O) groups excluding carboxylic acids is 1. The van der Waals surface area contributed by atoms with Gasteiger partial charge in [0.2, 0.25) is 10.0 Å². The van der Waals surface area contributed by atoms with Gasteiger partial charge in [0.05, 0.1) is 10.5 Å². The molecule has 5 nitrogen and oxygen atoms in total. The highest BCUT2D eigenvalue weighted by molar-refractivity contribution is 7.89. The van der Waals surface area contributed by atoms with Crippen LogP contribution in [0.25, 0.3) is 10.1 Å². The molecular formula is C17H16N2O3S2. The first-order chi connectivity index (χ1) is 11.4. The maximum Gasteiger partial charge on any atom is 0.257 e. The number of aryl methyl sites for hydroxylation is 1. The molecule has 0 saturated carbocycles. The van der Waals surface area contributed by atoms with E-state index in [9.17, 15) is 13.2 Å². The predicted octanol–water partition coefficient (Wildman–Crippen LogP) is 3.37. The van der Waals surface area contributed by atoms with Crippen molar-refractivity contribution in [1.82, 2.24) is 4.72 Å². The molecule has 0 bridgehead atoms. The highest BCUT2D eigenvalue weighted by atomic mass is 32.2. The summed E-state index contributed by atoms with van der Waals surface area (Å²) in [5, 5.41) is 5.47. The van der Waals surface area contributed by atoms with Gasteiger partial charge in [-0.25, -0.2) is 13.1 Å². The fourth-order valence-corrected chi connectivity index (χ4v) is 4.36. The fourth-order valence-electron chi connectivity index (χ4n) is 2.43. The van der Waals surface area contributed by atoms with E-state index in [0.717, 1.165) is 10.1 Å². The van der Waals surface area contributed by atoms with E-state index in [0.29, 0.717) is 16.8 Å². The first-order valence-corrected chi connectivity index (χ1v) is 9.60. The molecule has 0 saturated heterocycles. The number of sulfonamides is 1. The molecule has 1 heterocycles. The monoisotopic (exact) mass is 360 g/mol. The van der Waals surface area contributed by atoms with Crippen LogP contribution in [0.2, 0.25) is 0 Å². The molecule has 7 heteroatoms. The molecule has 0 radical (unpaired) electrons. The lowest BCUT2D eigenvalue weighted by Crippen LogP contribution is -2.20. The second-order valence-electron chi connectivity index (χ2n) is 5.29. The molecule has 24 heavy (non-hydrogen) atoms. The number of hydrogen-bond acceptors (Lipinski definition) is 4. The van der Waals surface area contributed by atoms with Crippen molar-refractivity contribution in [2.45, 2.75) is 11.8 Å². The molecule has 2 aromatic carbocycles. The number of nitrogens with one attached hydrogen (secondary N) is 2. The van der Waals surface area contributed by atoms with E-state index in [-0.39, 0.29) is 10.8 Å². The summed E-state index contributed by atoms with van der Waals surface area (Å²) in [7, 11) is -2.22. The maximum atomic E-state index is 12.5. The van der Waals surface area contributed by atoms with Crippen molar-refractivity contribution in [3.8, 4) is 0 Å². The summed E-state index contributed by atoms with van der Waals surface area (Å²) in [6, 6.07) is 12.5. The Labute approximate surface area is 144 Å². The average Bonchev–Trinajstić information content (AvgIpc) is 3.00. The molecule has 0 unspecified atom stereocenters. The van der Waals surface area contributed by atoms with Gasteiger partial charge in [0, 0.05) is 21.2 Å². The summed E-state index contributed by atoms with van der Waals surface area (Å²) < 4.78 is 27.4. The summed E-state index contributed by atoms with van der Waals surface area (Å²) in [4.78, 5) is 12.7. The number of carbonyl (C=O) groups is 1. The average molecular weight is 360 g/mol. The Morgan fingerprint density at radius 3 is 2.62 bits per heavy atom. The van der Waals surface area contributed by atoms with Crippen LogP contribution in [0.3, 0.4) is 0 Å². The zero-order chi connectivity index (χ0) is 17.3. The number of benzene rings is 2. The Morgan fingerprint density at radius 2 is 1.88 bits per heavy atom. The van der Waals surface area contributed by atoms with Crippen LogP contribution in [0.15, 0.2) is 52.7 Å². The molecule has 0 aliphatic carbocycles. The standard InChI is InChI=1S/C17H16N2O3S2/c1-11-7-8-12(9-16(11)24(21,22)18-2)19-17(20)14-10-23-15-6-4-3-5-13(14)15/h3-10,18H,1-2H3,(H,19,20). The van der Waals surface area contributed by atoms with E-state index < -0.39 is 10.0 Å². The van der Waals surface area contributed by atoms with Crippen LogP contribution >= 0.6 is 11.3 Å². The topological polar surface area (TPSA) is 75.3 Å². The smallest absolute Gasteiger partial charge is 0.257 e. The van der Waals surface area contributed by atoms with Gasteiger partial charge in [-0.15, -0.1) is 11.3 Å². The highest BCUT2D eigenvalue weighted by Crippen LogP contribution is 2.27. The number of thiophene rings is 1. The number of hydrogen-bond donors (Lipinski definition) is 2. The first-order valence-electron chi connectivity index (χ1n) is 7.24. The minimum absolute atomic E-state index is 0.151. The number of fused-ring (bicyclic) bond motifs is 1. The Morgan fingerprint density at radius 1 is 1.12 bits per heavy atom. The van der Waals surface area contributed by atoms with E-state index >= 15 is 0 Å². The molecule has 0 spiro atoms. The van der Waals surface area contributed by atoms with E-state index in [4.69, 9.17) is 0 Å². The normalized spacial score (nSPS) is 11.6. The van der Waals surface area contributed by atoms with Gasteiger partial charge in [-0.2, -0.15) is 0 Å². The molecule has 2 N–H and O–H groups in total. The first kappa shape index (κ1) is 16.6. The van der Waals surface area contributed by atoms with Crippen molar-refractivity contribution < 1.29 is 13.2 Å². The summed E-state index contributed by atoms with van der Waals surface area (Å²) >= 11 is 1.50. The van der Waals surface area contributed by atoms with Crippen LogP contribution in [0.1, 0.15) is 15.9 Å². The Bertz CT molecular complexity index is 1020. The second-order valence-corrected chi connectivity index (χ2v) is 8.05. The number of rotatable bonds is 4. The summed E-state index contributed by atoms with van der Waals surface area (Å²) in [5.41, 5.74) is 1.63. The van der Waals surface area contributed by atoms with Gasteiger partial charge in [-0.1, -0.05) is 24.3 Å². The van der Waals surface area contributed by atoms with Gasteiger partial charge in [0.1, 0.15) is 0 Å². The molecule has 3 aromatic rings. The van der Waals surface area contributed by atoms with Gasteiger partial charge in [-0.05, 0) is 37.7 Å². The molecule has 1 amide bonds. The third kappa shape index (κ3) is 3.06. The van der Waals surface area contributed by atoms with Crippen molar-refractivity contribution in [3.05, 3.63) is 59.0 Å². The third-order valence-electron chi connectivity index (χ3n) is 3.73. The Hall–Kier alpha value is -2.22. The molecule has 124 valence electrons. The zero-order valence-electron chi connectivity index (χ0n) is 13.2. The lowest BCUT2D eigenvalue weighted by molar-refractivity contribution is 0.102. The summed E-state index contributed by atoms with van der Waals surface area (Å²) in [5.74, 6) is -0.260. The minimum Gasteiger partial charge on any atom is -0.322 e. The number of anilines is 1. The molecule has 0 aliphatic rings. The van der Waals surface area contributed by atoms with Gasteiger partial charge in [-0.3, -0.25) is 4.79 Å². The van der Waals surface area contributed by atoms with E-state index in [1.54, 1.807) is 24.4 Å². The SMILES string of the molecule is CNS(=O)(=O)c1cc(NC(=O)c2csc3ccccc23)ccc1C. The molecule has 1 aromatic heterocycles. The van der Waals surface area contributed by atoms with Crippen LogP contribution in [-0.2, 0) is 10.0 Å². The number of amides is 1. The quantitative estimate of drug-likeness (QED) is 0.749. The van der Waals surface area contributed by atoms with E-state index in [2.05, 4.69) is 10.0 Å². The van der Waals surface area contributed by atoms with Gasteiger partial charge in [0.15, 0.2) is 0 Å². The molecule has 3 rings (SSSR count). The van der Waals surface area contributed by atoms with Gasteiger partial charge in [0.25, 0.3) is 5.91 Å². The zero-order valence-corrected chi connectivity index (χ0v) is 14.8. The lowest BCUT2D eigenvalue weighted by atomic mass is 10.1. The lowest BCUT2D eigenvalue weighted by Gasteiger charge is -2.10. The van der Waals surface area contributed by atoms with Crippen molar-refractivity contribution in [1.29, 1.82) is 0 Å². The minimum atomic E-state index is -3.57. The molecule has 0 aliphatic heterocycles. The van der Waals surface area contributed by atoms with E-state index in [1.165, 1.54) is 24.5 Å². The second kappa shape index (κ2) is 6.35. The van der Waals surface area contributed by atoms with Crippen molar-refractivity contribution in [2.75, 3.05) is 12.4 Å². The maximum absolute atomic E-state index is 12.5. The molecular weight excluding hydrogens is 344 g/mol. The predicted molar refractivity (Wildman–Crippen MR) is 97.2 cm³/mol. The van der Waals surface area contributed by atoms with Crippen LogP contribution < -0.4 is 10.0 Å². The van der Waals surface area contributed by atoms with E-state index in [1.807, 2.05) is 24.3 Å². The molecule has 0 fully saturated rings. The third-order valence-corrected chi connectivity index (χ3v) is 6.25.